The van der Waals surface area contributed by atoms with Gasteiger partial charge in [0.2, 0.25) is 5.91 Å². The fourth-order valence-corrected chi connectivity index (χ4v) is 2.26. The number of amides is 1. The van der Waals surface area contributed by atoms with Crippen LogP contribution in [0.3, 0.4) is 0 Å². The maximum Gasteiger partial charge on any atom is 0.223 e. The van der Waals surface area contributed by atoms with Crippen LogP contribution in [-0.2, 0) is 4.79 Å². The molecule has 0 bridgehead atoms. The predicted octanol–water partition coefficient (Wildman–Crippen LogP) is 1.80. The Morgan fingerprint density at radius 2 is 2.27 bits per heavy atom. The highest BCUT2D eigenvalue weighted by Crippen LogP contribution is 2.22. The molecule has 1 saturated heterocycles. The van der Waals surface area contributed by atoms with Gasteiger partial charge in [-0.2, -0.15) is 0 Å². The third-order valence-corrected chi connectivity index (χ3v) is 2.98. The first kappa shape index (κ1) is 12.5. The van der Waals surface area contributed by atoms with Gasteiger partial charge in [0.05, 0.1) is 0 Å². The second-order valence-electron chi connectivity index (χ2n) is 4.85. The van der Waals surface area contributed by atoms with Crippen LogP contribution in [0.2, 0.25) is 0 Å². The number of likely N-dealkylation sites (tertiary alicyclic amines) is 1. The first-order valence-electron chi connectivity index (χ1n) is 6.05. The van der Waals surface area contributed by atoms with Crippen molar-refractivity contribution in [1.82, 2.24) is 4.90 Å². The topological polar surface area (TPSA) is 40.5 Å². The molecule has 3 nitrogen and oxygen atoms in total. The van der Waals surface area contributed by atoms with Crippen molar-refractivity contribution >= 4 is 5.91 Å². The van der Waals surface area contributed by atoms with Crippen LogP contribution in [0.5, 0.6) is 0 Å². The first-order chi connectivity index (χ1) is 7.15. The van der Waals surface area contributed by atoms with Gasteiger partial charge >= 0.3 is 0 Å². The SMILES string of the molecule is CC(C)CC(=O)N1CCCC1CCCO. The molecule has 1 atom stereocenters. The zero-order chi connectivity index (χ0) is 11.3. The molecule has 15 heavy (non-hydrogen) atoms. The minimum Gasteiger partial charge on any atom is -0.396 e. The Balaban J connectivity index is 2.41. The van der Waals surface area contributed by atoms with Gasteiger partial charge < -0.3 is 10.0 Å². The molecule has 0 aromatic rings. The average Bonchev–Trinajstić information content (AvgIpc) is 2.61. The fraction of sp³-hybridized carbons (Fsp3) is 0.917. The number of hydrogen-bond acceptors (Lipinski definition) is 2. The van der Waals surface area contributed by atoms with E-state index >= 15 is 0 Å². The van der Waals surface area contributed by atoms with Crippen LogP contribution in [-0.4, -0.2) is 35.1 Å². The van der Waals surface area contributed by atoms with E-state index in [0.29, 0.717) is 24.3 Å². The van der Waals surface area contributed by atoms with E-state index in [0.717, 1.165) is 32.2 Å². The van der Waals surface area contributed by atoms with Crippen LogP contribution < -0.4 is 0 Å². The Hall–Kier alpha value is -0.570. The Morgan fingerprint density at radius 1 is 1.53 bits per heavy atom. The molecular weight excluding hydrogens is 190 g/mol. The summed E-state index contributed by atoms with van der Waals surface area (Å²) in [6, 6.07) is 0.392. The van der Waals surface area contributed by atoms with Crippen molar-refractivity contribution in [3.8, 4) is 0 Å². The van der Waals surface area contributed by atoms with Crippen molar-refractivity contribution in [3.63, 3.8) is 0 Å². The van der Waals surface area contributed by atoms with Gasteiger partial charge in [-0.15, -0.1) is 0 Å². The summed E-state index contributed by atoms with van der Waals surface area (Å²) in [5.41, 5.74) is 0. The van der Waals surface area contributed by atoms with E-state index in [9.17, 15) is 4.79 Å². The third-order valence-electron chi connectivity index (χ3n) is 2.98. The van der Waals surface area contributed by atoms with Crippen molar-refractivity contribution in [1.29, 1.82) is 0 Å². The average molecular weight is 213 g/mol. The zero-order valence-electron chi connectivity index (χ0n) is 9.91. The maximum atomic E-state index is 11.9. The lowest BCUT2D eigenvalue weighted by Gasteiger charge is -2.25. The number of hydrogen-bond donors (Lipinski definition) is 1. The Kier molecular flexibility index (Phi) is 5.09. The van der Waals surface area contributed by atoms with Gasteiger partial charge in [0.25, 0.3) is 0 Å². The van der Waals surface area contributed by atoms with E-state index in [4.69, 9.17) is 5.11 Å². The summed E-state index contributed by atoms with van der Waals surface area (Å²) in [7, 11) is 0. The molecule has 0 aromatic heterocycles. The molecule has 1 amide bonds. The van der Waals surface area contributed by atoms with Crippen molar-refractivity contribution in [2.45, 2.75) is 52.0 Å². The largest absolute Gasteiger partial charge is 0.396 e. The van der Waals surface area contributed by atoms with Crippen molar-refractivity contribution < 1.29 is 9.90 Å². The van der Waals surface area contributed by atoms with Crippen molar-refractivity contribution in [2.75, 3.05) is 13.2 Å². The lowest BCUT2D eigenvalue weighted by molar-refractivity contribution is -0.132. The highest BCUT2D eigenvalue weighted by atomic mass is 16.3. The van der Waals surface area contributed by atoms with Gasteiger partial charge in [0, 0.05) is 25.6 Å². The molecule has 1 N–H and O–H groups in total. The minimum atomic E-state index is 0.239. The molecular formula is C12H23NO2. The van der Waals surface area contributed by atoms with E-state index in [1.807, 2.05) is 4.90 Å². The number of carbonyl (C=O) groups is 1. The fourth-order valence-electron chi connectivity index (χ4n) is 2.26. The smallest absolute Gasteiger partial charge is 0.223 e. The minimum absolute atomic E-state index is 0.239. The lowest BCUT2D eigenvalue weighted by atomic mass is 10.1. The molecule has 1 fully saturated rings. The molecule has 0 radical (unpaired) electrons. The number of rotatable bonds is 5. The highest BCUT2D eigenvalue weighted by molar-refractivity contribution is 5.77. The quantitative estimate of drug-likeness (QED) is 0.756. The van der Waals surface area contributed by atoms with Gasteiger partial charge in [-0.05, 0) is 31.6 Å². The molecule has 3 heteroatoms. The van der Waals surface area contributed by atoms with Gasteiger partial charge in [-0.25, -0.2) is 0 Å². The lowest BCUT2D eigenvalue weighted by Crippen LogP contribution is -2.36. The standard InChI is InChI=1S/C12H23NO2/c1-10(2)9-12(15)13-7-3-5-11(13)6-4-8-14/h10-11,14H,3-9H2,1-2H3. The summed E-state index contributed by atoms with van der Waals surface area (Å²) >= 11 is 0. The van der Waals surface area contributed by atoms with Gasteiger partial charge in [-0.1, -0.05) is 13.8 Å². The highest BCUT2D eigenvalue weighted by Gasteiger charge is 2.27. The summed E-state index contributed by atoms with van der Waals surface area (Å²) < 4.78 is 0. The molecule has 0 saturated carbocycles. The zero-order valence-corrected chi connectivity index (χ0v) is 9.91. The van der Waals surface area contributed by atoms with Crippen LogP contribution in [0.25, 0.3) is 0 Å². The molecule has 0 spiro atoms. The summed E-state index contributed by atoms with van der Waals surface area (Å²) in [6.45, 7) is 5.32. The number of aliphatic hydroxyl groups excluding tert-OH is 1. The normalized spacial score (nSPS) is 21.3. The maximum absolute atomic E-state index is 11.9. The predicted molar refractivity (Wildman–Crippen MR) is 60.5 cm³/mol. The van der Waals surface area contributed by atoms with Crippen LogP contribution in [0.1, 0.15) is 46.0 Å². The van der Waals surface area contributed by atoms with E-state index in [-0.39, 0.29) is 6.61 Å². The molecule has 1 rings (SSSR count). The Bertz CT molecular complexity index is 204. The molecule has 88 valence electrons. The van der Waals surface area contributed by atoms with Gasteiger partial charge in [-0.3, -0.25) is 4.79 Å². The first-order valence-corrected chi connectivity index (χ1v) is 6.05. The van der Waals surface area contributed by atoms with Crippen LogP contribution in [0, 0.1) is 5.92 Å². The molecule has 1 aliphatic rings. The van der Waals surface area contributed by atoms with E-state index in [1.54, 1.807) is 0 Å². The van der Waals surface area contributed by atoms with Crippen molar-refractivity contribution in [3.05, 3.63) is 0 Å². The number of nitrogens with zero attached hydrogens (tertiary/aromatic N) is 1. The monoisotopic (exact) mass is 213 g/mol. The van der Waals surface area contributed by atoms with E-state index in [2.05, 4.69) is 13.8 Å². The molecule has 0 aliphatic carbocycles. The summed E-state index contributed by atoms with van der Waals surface area (Å²) in [5.74, 6) is 0.738. The van der Waals surface area contributed by atoms with Gasteiger partial charge in [0.1, 0.15) is 0 Å². The van der Waals surface area contributed by atoms with Gasteiger partial charge in [0.15, 0.2) is 0 Å². The summed E-state index contributed by atoms with van der Waals surface area (Å²) in [5, 5.41) is 8.79. The van der Waals surface area contributed by atoms with Crippen LogP contribution in [0.15, 0.2) is 0 Å². The Morgan fingerprint density at radius 3 is 2.87 bits per heavy atom. The number of aliphatic hydroxyl groups is 1. The number of carbonyl (C=O) groups excluding carboxylic acids is 1. The molecule has 1 unspecified atom stereocenters. The van der Waals surface area contributed by atoms with Crippen molar-refractivity contribution in [2.24, 2.45) is 5.92 Å². The second-order valence-corrected chi connectivity index (χ2v) is 4.85. The molecule has 1 heterocycles. The molecule has 0 aromatic carbocycles. The summed E-state index contributed by atoms with van der Waals surface area (Å²) in [6.07, 6.45) is 4.68. The third kappa shape index (κ3) is 3.82. The second kappa shape index (κ2) is 6.11. The van der Waals surface area contributed by atoms with Crippen LogP contribution in [0.4, 0.5) is 0 Å². The summed E-state index contributed by atoms with van der Waals surface area (Å²) in [4.78, 5) is 13.9. The Labute approximate surface area is 92.5 Å². The molecule has 1 aliphatic heterocycles. The van der Waals surface area contributed by atoms with E-state index < -0.39 is 0 Å². The van der Waals surface area contributed by atoms with E-state index in [1.165, 1.54) is 0 Å². The van der Waals surface area contributed by atoms with Crippen LogP contribution >= 0.6 is 0 Å².